The lowest BCUT2D eigenvalue weighted by Gasteiger charge is -2.15. The van der Waals surface area contributed by atoms with Crippen LogP contribution in [0, 0.1) is 17.4 Å². The van der Waals surface area contributed by atoms with E-state index in [1.54, 1.807) is 25.1 Å². The van der Waals surface area contributed by atoms with Crippen LogP contribution in [-0.4, -0.2) is 54.8 Å². The Morgan fingerprint density at radius 1 is 1.17 bits per heavy atom. The second-order valence-electron chi connectivity index (χ2n) is 7.71. The molecule has 1 N–H and O–H groups in total. The summed E-state index contributed by atoms with van der Waals surface area (Å²) in [6.07, 6.45) is 1.55. The molecule has 0 aromatic heterocycles. The predicted molar refractivity (Wildman–Crippen MR) is 145 cm³/mol. The fourth-order valence-corrected chi connectivity index (χ4v) is 5.04. The van der Waals surface area contributed by atoms with Gasteiger partial charge in [0.15, 0.2) is 18.1 Å². The van der Waals surface area contributed by atoms with Crippen LogP contribution in [0.25, 0.3) is 6.08 Å². The zero-order chi connectivity index (χ0) is 26.4. The number of halogens is 1. The van der Waals surface area contributed by atoms with E-state index in [0.717, 1.165) is 27.8 Å². The van der Waals surface area contributed by atoms with Crippen molar-refractivity contribution in [3.63, 3.8) is 0 Å². The molecule has 0 aliphatic carbocycles. The summed E-state index contributed by atoms with van der Waals surface area (Å²) in [5.41, 5.74) is 3.02. The van der Waals surface area contributed by atoms with Gasteiger partial charge < -0.3 is 19.5 Å². The summed E-state index contributed by atoms with van der Waals surface area (Å²) in [7, 11) is 1.45. The number of carbonyl (C=O) groups is 4. The van der Waals surface area contributed by atoms with Gasteiger partial charge in [0.25, 0.3) is 11.1 Å². The zero-order valence-corrected chi connectivity index (χ0v) is 23.2. The molecule has 9 nitrogen and oxygen atoms in total. The number of nitrogens with one attached hydrogen (secondary N) is 1. The van der Waals surface area contributed by atoms with E-state index in [4.69, 9.17) is 14.2 Å². The Morgan fingerprint density at radius 3 is 2.50 bits per heavy atom. The van der Waals surface area contributed by atoms with Crippen LogP contribution in [0.4, 0.5) is 10.5 Å². The molecule has 190 valence electrons. The zero-order valence-electron chi connectivity index (χ0n) is 20.2. The van der Waals surface area contributed by atoms with E-state index in [9.17, 15) is 19.2 Å². The number of nitrogens with zero attached hydrogens (tertiary/aromatic N) is 1. The Morgan fingerprint density at radius 2 is 1.86 bits per heavy atom. The van der Waals surface area contributed by atoms with Gasteiger partial charge in [-0.1, -0.05) is 18.2 Å². The fraction of sp³-hybridized carbons (Fsp3) is 0.280. The van der Waals surface area contributed by atoms with E-state index in [2.05, 4.69) is 5.32 Å². The molecule has 3 amide bonds. The molecule has 11 heteroatoms. The van der Waals surface area contributed by atoms with Gasteiger partial charge in [0.05, 0.1) is 22.2 Å². The summed E-state index contributed by atoms with van der Waals surface area (Å²) in [6, 6.07) is 8.98. The number of thioether (sulfide) groups is 1. The summed E-state index contributed by atoms with van der Waals surface area (Å²) in [5, 5.41) is 2.26. The number of para-hydroxylation sites is 1. The third-order valence-corrected chi connectivity index (χ3v) is 6.82. The maximum Gasteiger partial charge on any atom is 0.344 e. The maximum absolute atomic E-state index is 12.9. The molecule has 0 spiro atoms. The molecule has 1 aliphatic rings. The van der Waals surface area contributed by atoms with Gasteiger partial charge in [-0.2, -0.15) is 0 Å². The highest BCUT2D eigenvalue weighted by atomic mass is 127. The van der Waals surface area contributed by atoms with Crippen LogP contribution in [0.1, 0.15) is 23.6 Å². The molecule has 3 rings (SSSR count). The number of methoxy groups -OCH3 is 1. The van der Waals surface area contributed by atoms with E-state index < -0.39 is 29.6 Å². The van der Waals surface area contributed by atoms with Crippen LogP contribution in [0.3, 0.4) is 0 Å². The molecule has 0 unspecified atom stereocenters. The van der Waals surface area contributed by atoms with Crippen LogP contribution in [0.15, 0.2) is 35.2 Å². The molecular weight excluding hydrogens is 599 g/mol. The van der Waals surface area contributed by atoms with Gasteiger partial charge in [-0.05, 0) is 90.0 Å². The lowest BCUT2D eigenvalue weighted by atomic mass is 10.1. The molecule has 1 fully saturated rings. The largest absolute Gasteiger partial charge is 0.493 e. The lowest BCUT2D eigenvalue weighted by Crippen LogP contribution is -2.36. The number of hydrogen-bond acceptors (Lipinski definition) is 8. The standard InChI is InChI=1S/C25H25IN2O7S/c1-5-34-21(30)13-35-23-17(26)9-16(10-18(23)33-4)11-19-24(31)28(25(32)36-19)12-20(29)27-22-14(2)7-6-8-15(22)3/h6-11H,5,12-13H2,1-4H3,(H,27,29)/b19-11+. The minimum atomic E-state index is -0.557. The van der Waals surface area contributed by atoms with Crippen molar-refractivity contribution >= 4 is 69.1 Å². The van der Waals surface area contributed by atoms with E-state index in [0.29, 0.717) is 26.3 Å². The van der Waals surface area contributed by atoms with Crippen LogP contribution in [0.5, 0.6) is 11.5 Å². The van der Waals surface area contributed by atoms with Crippen molar-refractivity contribution in [1.29, 1.82) is 0 Å². The molecule has 36 heavy (non-hydrogen) atoms. The van der Waals surface area contributed by atoms with Crippen molar-refractivity contribution in [3.8, 4) is 11.5 Å². The number of hydrogen-bond donors (Lipinski definition) is 1. The fourth-order valence-electron chi connectivity index (χ4n) is 3.42. The highest BCUT2D eigenvalue weighted by molar-refractivity contribution is 14.1. The smallest absolute Gasteiger partial charge is 0.344 e. The molecule has 2 aromatic rings. The number of esters is 1. The number of imide groups is 1. The Bertz CT molecular complexity index is 1220. The minimum absolute atomic E-state index is 0.179. The summed E-state index contributed by atoms with van der Waals surface area (Å²) in [5.74, 6) is -0.813. The maximum atomic E-state index is 12.9. The number of aryl methyl sites for hydroxylation is 2. The number of rotatable bonds is 9. The topological polar surface area (TPSA) is 111 Å². The number of carbonyl (C=O) groups excluding carboxylic acids is 4. The van der Waals surface area contributed by atoms with Gasteiger partial charge in [0, 0.05) is 5.69 Å². The molecule has 1 aliphatic heterocycles. The Balaban J connectivity index is 1.74. The Labute approximate surface area is 226 Å². The first-order valence-corrected chi connectivity index (χ1v) is 12.8. The van der Waals surface area contributed by atoms with Gasteiger partial charge >= 0.3 is 5.97 Å². The first-order valence-electron chi connectivity index (χ1n) is 10.9. The van der Waals surface area contributed by atoms with Crippen LogP contribution < -0.4 is 14.8 Å². The molecule has 0 radical (unpaired) electrons. The second kappa shape index (κ2) is 12.3. The number of ether oxygens (including phenoxy) is 3. The monoisotopic (exact) mass is 624 g/mol. The molecule has 1 saturated heterocycles. The molecular formula is C25H25IN2O7S. The molecule has 0 saturated carbocycles. The van der Waals surface area contributed by atoms with E-state index in [-0.39, 0.29) is 18.1 Å². The van der Waals surface area contributed by atoms with Crippen molar-refractivity contribution in [3.05, 3.63) is 55.5 Å². The quantitative estimate of drug-likeness (QED) is 0.246. The van der Waals surface area contributed by atoms with Gasteiger partial charge in [-0.15, -0.1) is 0 Å². The van der Waals surface area contributed by atoms with Gasteiger partial charge in [-0.25, -0.2) is 4.79 Å². The number of anilines is 1. The number of benzene rings is 2. The van der Waals surface area contributed by atoms with Gasteiger partial charge in [-0.3, -0.25) is 19.3 Å². The van der Waals surface area contributed by atoms with Crippen molar-refractivity contribution < 1.29 is 33.4 Å². The van der Waals surface area contributed by atoms with E-state index in [1.165, 1.54) is 7.11 Å². The Kier molecular flexibility index (Phi) is 9.37. The normalized spacial score (nSPS) is 14.2. The minimum Gasteiger partial charge on any atom is -0.493 e. The molecule has 2 aromatic carbocycles. The van der Waals surface area contributed by atoms with Crippen molar-refractivity contribution in [2.24, 2.45) is 0 Å². The lowest BCUT2D eigenvalue weighted by molar-refractivity contribution is -0.145. The van der Waals surface area contributed by atoms with Gasteiger partial charge in [0.2, 0.25) is 5.91 Å². The summed E-state index contributed by atoms with van der Waals surface area (Å²) in [4.78, 5) is 50.7. The first kappa shape index (κ1) is 27.5. The summed E-state index contributed by atoms with van der Waals surface area (Å²) in [6.45, 7) is 5.02. The Hall–Kier alpha value is -3.06. The van der Waals surface area contributed by atoms with Crippen LogP contribution in [-0.2, 0) is 19.1 Å². The van der Waals surface area contributed by atoms with Crippen LogP contribution >= 0.6 is 34.4 Å². The number of amides is 3. The average Bonchev–Trinajstić information content (AvgIpc) is 3.08. The third kappa shape index (κ3) is 6.58. The molecule has 0 atom stereocenters. The molecule has 1 heterocycles. The van der Waals surface area contributed by atoms with Crippen LogP contribution in [0.2, 0.25) is 0 Å². The summed E-state index contributed by atoms with van der Waals surface area (Å²) >= 11 is 2.78. The second-order valence-corrected chi connectivity index (χ2v) is 9.87. The SMILES string of the molecule is CCOC(=O)COc1c(I)cc(/C=C2/SC(=O)N(CC(=O)Nc3c(C)cccc3C)C2=O)cc1OC. The average molecular weight is 624 g/mol. The van der Waals surface area contributed by atoms with Crippen molar-refractivity contribution in [1.82, 2.24) is 4.90 Å². The highest BCUT2D eigenvalue weighted by Gasteiger charge is 2.36. The molecule has 0 bridgehead atoms. The van der Waals surface area contributed by atoms with E-state index in [1.807, 2.05) is 54.6 Å². The predicted octanol–water partition coefficient (Wildman–Crippen LogP) is 4.53. The van der Waals surface area contributed by atoms with Gasteiger partial charge in [0.1, 0.15) is 6.54 Å². The van der Waals surface area contributed by atoms with E-state index >= 15 is 0 Å². The first-order chi connectivity index (χ1) is 17.1. The van der Waals surface area contributed by atoms with Crippen molar-refractivity contribution in [2.75, 3.05) is 32.2 Å². The highest BCUT2D eigenvalue weighted by Crippen LogP contribution is 2.37. The van der Waals surface area contributed by atoms with Crippen molar-refractivity contribution in [2.45, 2.75) is 20.8 Å². The third-order valence-electron chi connectivity index (χ3n) is 5.11. The summed E-state index contributed by atoms with van der Waals surface area (Å²) < 4.78 is 16.4.